The molecule has 0 unspecified atom stereocenters. The van der Waals surface area contributed by atoms with Crippen LogP contribution in [0.2, 0.25) is 0 Å². The second-order valence-electron chi connectivity index (χ2n) is 2.38. The molecule has 0 fully saturated rings. The average molecular weight is 191 g/mol. The van der Waals surface area contributed by atoms with Gasteiger partial charge in [0.15, 0.2) is 5.69 Å². The summed E-state index contributed by atoms with van der Waals surface area (Å²) in [4.78, 5) is 11.0. The fourth-order valence-corrected chi connectivity index (χ4v) is 0.957. The fraction of sp³-hybridized carbons (Fsp3) is 0. The molecule has 2 heterocycles. The normalized spacial score (nSPS) is 10.0. The van der Waals surface area contributed by atoms with Crippen LogP contribution in [-0.2, 0) is 0 Å². The van der Waals surface area contributed by atoms with Gasteiger partial charge in [-0.3, -0.25) is 4.79 Å². The van der Waals surface area contributed by atoms with Crippen LogP contribution >= 0.6 is 0 Å². The number of carbonyl (C=O) groups excluding carboxylic acids is 1. The zero-order chi connectivity index (χ0) is 9.97. The van der Waals surface area contributed by atoms with Gasteiger partial charge in [0.2, 0.25) is 0 Å². The van der Waals surface area contributed by atoms with Crippen molar-refractivity contribution in [2.45, 2.75) is 0 Å². The summed E-state index contributed by atoms with van der Waals surface area (Å²) in [5.74, 6) is -0.677. The molecule has 0 spiro atoms. The Morgan fingerprint density at radius 1 is 1.43 bits per heavy atom. The number of aromatic nitrogens is 6. The molecule has 2 N–H and O–H groups in total. The number of nitrogens with two attached hydrogens (primary N) is 1. The lowest BCUT2D eigenvalue weighted by molar-refractivity contribution is 0.0994. The molecule has 8 heteroatoms. The largest absolute Gasteiger partial charge is 0.364 e. The first-order valence-corrected chi connectivity index (χ1v) is 3.64. The SMILES string of the molecule is NC(=O)c1nnccc1-n1cnnn1. The van der Waals surface area contributed by atoms with Crippen LogP contribution < -0.4 is 5.73 Å². The molecular formula is C6H5N7O. The highest BCUT2D eigenvalue weighted by molar-refractivity contribution is 5.94. The lowest BCUT2D eigenvalue weighted by Crippen LogP contribution is -2.17. The molecule has 1 amide bonds. The zero-order valence-electron chi connectivity index (χ0n) is 6.90. The molecule has 0 atom stereocenters. The van der Waals surface area contributed by atoms with Crippen LogP contribution in [0.15, 0.2) is 18.6 Å². The molecule has 0 aliphatic rings. The number of primary amides is 1. The molecule has 8 nitrogen and oxygen atoms in total. The summed E-state index contributed by atoms with van der Waals surface area (Å²) in [6.45, 7) is 0. The maximum atomic E-state index is 11.0. The minimum Gasteiger partial charge on any atom is -0.364 e. The van der Waals surface area contributed by atoms with Gasteiger partial charge in [-0.2, -0.15) is 9.78 Å². The molecule has 14 heavy (non-hydrogen) atoms. The highest BCUT2D eigenvalue weighted by atomic mass is 16.1. The van der Waals surface area contributed by atoms with E-state index in [9.17, 15) is 4.79 Å². The van der Waals surface area contributed by atoms with E-state index in [0.29, 0.717) is 5.69 Å². The summed E-state index contributed by atoms with van der Waals surface area (Å²) in [6, 6.07) is 1.55. The Labute approximate surface area is 77.7 Å². The molecule has 2 rings (SSSR count). The van der Waals surface area contributed by atoms with Gasteiger partial charge in [-0.25, -0.2) is 0 Å². The van der Waals surface area contributed by atoms with Crippen LogP contribution in [0.5, 0.6) is 0 Å². The van der Waals surface area contributed by atoms with Gasteiger partial charge < -0.3 is 5.73 Å². The molecule has 0 aliphatic carbocycles. The minimum absolute atomic E-state index is 0.0276. The van der Waals surface area contributed by atoms with E-state index in [2.05, 4.69) is 25.7 Å². The Kier molecular flexibility index (Phi) is 1.86. The number of nitrogens with zero attached hydrogens (tertiary/aromatic N) is 6. The van der Waals surface area contributed by atoms with Gasteiger partial charge in [0, 0.05) is 0 Å². The summed E-state index contributed by atoms with van der Waals surface area (Å²) in [7, 11) is 0. The number of carbonyl (C=O) groups is 1. The highest BCUT2D eigenvalue weighted by Gasteiger charge is 2.12. The second-order valence-corrected chi connectivity index (χ2v) is 2.38. The average Bonchev–Trinajstić information content (AvgIpc) is 2.70. The number of tetrazole rings is 1. The van der Waals surface area contributed by atoms with Crippen LogP contribution in [-0.4, -0.2) is 36.3 Å². The van der Waals surface area contributed by atoms with Crippen molar-refractivity contribution in [1.29, 1.82) is 0 Å². The molecule has 2 aromatic rings. The Morgan fingerprint density at radius 2 is 2.29 bits per heavy atom. The second kappa shape index (κ2) is 3.17. The summed E-state index contributed by atoms with van der Waals surface area (Å²) < 4.78 is 1.29. The van der Waals surface area contributed by atoms with Gasteiger partial charge in [-0.05, 0) is 16.5 Å². The molecule has 0 aliphatic heterocycles. The van der Waals surface area contributed by atoms with E-state index in [1.54, 1.807) is 6.07 Å². The molecule has 2 aromatic heterocycles. The van der Waals surface area contributed by atoms with Crippen LogP contribution in [0, 0.1) is 0 Å². The number of hydrogen-bond acceptors (Lipinski definition) is 6. The third-order valence-corrected chi connectivity index (χ3v) is 1.53. The Morgan fingerprint density at radius 3 is 2.93 bits per heavy atom. The van der Waals surface area contributed by atoms with Crippen molar-refractivity contribution in [3.05, 3.63) is 24.3 Å². The first-order valence-electron chi connectivity index (χ1n) is 3.64. The summed E-state index contributed by atoms with van der Waals surface area (Å²) in [5, 5.41) is 17.6. The van der Waals surface area contributed by atoms with Gasteiger partial charge in [-0.1, -0.05) is 0 Å². The molecule has 0 bridgehead atoms. The van der Waals surface area contributed by atoms with Gasteiger partial charge in [0.05, 0.1) is 6.20 Å². The van der Waals surface area contributed by atoms with Crippen molar-refractivity contribution in [1.82, 2.24) is 30.4 Å². The molecule has 0 aromatic carbocycles. The maximum absolute atomic E-state index is 11.0. The number of amides is 1. The van der Waals surface area contributed by atoms with Gasteiger partial charge in [0.25, 0.3) is 5.91 Å². The van der Waals surface area contributed by atoms with Crippen LogP contribution in [0.3, 0.4) is 0 Å². The van der Waals surface area contributed by atoms with E-state index in [0.717, 1.165) is 0 Å². The zero-order valence-corrected chi connectivity index (χ0v) is 6.90. The highest BCUT2D eigenvalue weighted by Crippen LogP contribution is 2.06. The molecular weight excluding hydrogens is 186 g/mol. The van der Waals surface area contributed by atoms with Crippen molar-refractivity contribution >= 4 is 5.91 Å². The lowest BCUT2D eigenvalue weighted by atomic mass is 10.3. The van der Waals surface area contributed by atoms with Crippen molar-refractivity contribution in [3.8, 4) is 5.69 Å². The topological polar surface area (TPSA) is 112 Å². The predicted octanol–water partition coefficient (Wildman–Crippen LogP) is -1.45. The third-order valence-electron chi connectivity index (χ3n) is 1.53. The standard InChI is InChI=1S/C6H5N7O/c7-6(14)5-4(1-2-8-10-5)13-3-9-11-12-13/h1-3H,(H2,7,14). The van der Waals surface area contributed by atoms with Crippen LogP contribution in [0.4, 0.5) is 0 Å². The molecule has 70 valence electrons. The number of hydrogen-bond donors (Lipinski definition) is 1. The quantitative estimate of drug-likeness (QED) is 0.621. The van der Waals surface area contributed by atoms with Crippen LogP contribution in [0.1, 0.15) is 10.5 Å². The first kappa shape index (κ1) is 8.23. The minimum atomic E-state index is -0.677. The van der Waals surface area contributed by atoms with E-state index >= 15 is 0 Å². The monoisotopic (exact) mass is 191 g/mol. The molecule has 0 saturated heterocycles. The van der Waals surface area contributed by atoms with E-state index in [4.69, 9.17) is 5.73 Å². The summed E-state index contributed by atoms with van der Waals surface area (Å²) in [6.07, 6.45) is 2.76. The Bertz CT molecular complexity index is 451. The predicted molar refractivity (Wildman–Crippen MR) is 43.3 cm³/mol. The van der Waals surface area contributed by atoms with Gasteiger partial charge >= 0.3 is 0 Å². The van der Waals surface area contributed by atoms with Crippen LogP contribution in [0.25, 0.3) is 5.69 Å². The van der Waals surface area contributed by atoms with E-state index in [-0.39, 0.29) is 5.69 Å². The molecule has 0 radical (unpaired) electrons. The van der Waals surface area contributed by atoms with Crippen molar-refractivity contribution < 1.29 is 4.79 Å². The molecule has 0 saturated carbocycles. The van der Waals surface area contributed by atoms with Gasteiger partial charge in [0.1, 0.15) is 12.0 Å². The number of rotatable bonds is 2. The van der Waals surface area contributed by atoms with E-state index in [1.165, 1.54) is 17.2 Å². The van der Waals surface area contributed by atoms with Crippen molar-refractivity contribution in [2.75, 3.05) is 0 Å². The first-order chi connectivity index (χ1) is 6.79. The summed E-state index contributed by atoms with van der Waals surface area (Å²) >= 11 is 0. The summed E-state index contributed by atoms with van der Waals surface area (Å²) in [5.41, 5.74) is 5.53. The maximum Gasteiger partial charge on any atom is 0.271 e. The van der Waals surface area contributed by atoms with Crippen molar-refractivity contribution in [3.63, 3.8) is 0 Å². The Balaban J connectivity index is 2.58. The fourth-order valence-electron chi connectivity index (χ4n) is 0.957. The van der Waals surface area contributed by atoms with Gasteiger partial charge in [-0.15, -0.1) is 10.2 Å². The lowest BCUT2D eigenvalue weighted by Gasteiger charge is -2.01. The van der Waals surface area contributed by atoms with E-state index < -0.39 is 5.91 Å². The smallest absolute Gasteiger partial charge is 0.271 e. The van der Waals surface area contributed by atoms with Crippen molar-refractivity contribution in [2.24, 2.45) is 5.73 Å². The third kappa shape index (κ3) is 1.28. The van der Waals surface area contributed by atoms with E-state index in [1.807, 2.05) is 0 Å². The Hall–Kier alpha value is -2.38.